The van der Waals surface area contributed by atoms with E-state index in [4.69, 9.17) is 11.0 Å². The van der Waals surface area contributed by atoms with E-state index in [0.717, 1.165) is 12.8 Å². The lowest BCUT2D eigenvalue weighted by atomic mass is 9.92. The Bertz CT molecular complexity index is 660. The third-order valence-electron chi connectivity index (χ3n) is 4.20. The Hall–Kier alpha value is -1.13. The van der Waals surface area contributed by atoms with Crippen molar-refractivity contribution in [2.75, 3.05) is 13.1 Å². The van der Waals surface area contributed by atoms with E-state index in [1.165, 1.54) is 10.4 Å². The number of hydrogen-bond acceptors (Lipinski definition) is 4. The van der Waals surface area contributed by atoms with Crippen molar-refractivity contribution in [3.8, 4) is 6.07 Å². The summed E-state index contributed by atoms with van der Waals surface area (Å²) in [5.74, 6) is 0.388. The maximum absolute atomic E-state index is 12.6. The van der Waals surface area contributed by atoms with Gasteiger partial charge in [-0.2, -0.15) is 9.57 Å². The summed E-state index contributed by atoms with van der Waals surface area (Å²) in [5.41, 5.74) is 7.07. The smallest absolute Gasteiger partial charge is 0.243 e. The maximum atomic E-state index is 12.6. The minimum Gasteiger partial charge on any atom is -0.328 e. The van der Waals surface area contributed by atoms with Crippen molar-refractivity contribution >= 4 is 22.4 Å². The van der Waals surface area contributed by atoms with E-state index in [0.29, 0.717) is 30.1 Å². The lowest BCUT2D eigenvalue weighted by Crippen LogP contribution is -2.42. The van der Waals surface area contributed by atoms with Gasteiger partial charge in [-0.25, -0.2) is 8.42 Å². The van der Waals surface area contributed by atoms with Crippen LogP contribution in [0.25, 0.3) is 0 Å². The Kier molecular flexibility index (Phi) is 6.38. The zero-order valence-corrected chi connectivity index (χ0v) is 14.5. The number of nitriles is 1. The molecule has 0 bridgehead atoms. The van der Waals surface area contributed by atoms with Crippen LogP contribution in [0.3, 0.4) is 0 Å². The first kappa shape index (κ1) is 18.9. The molecule has 0 aliphatic carbocycles. The summed E-state index contributed by atoms with van der Waals surface area (Å²) in [4.78, 5) is 0.262. The molecule has 1 aromatic carbocycles. The highest BCUT2D eigenvalue weighted by molar-refractivity contribution is 7.89. The van der Waals surface area contributed by atoms with Crippen LogP contribution in [0.5, 0.6) is 0 Å². The monoisotopic (exact) mass is 343 g/mol. The number of hydrogen-bond donors (Lipinski definition) is 1. The zero-order valence-electron chi connectivity index (χ0n) is 12.8. The molecule has 122 valence electrons. The van der Waals surface area contributed by atoms with Crippen LogP contribution in [0.2, 0.25) is 0 Å². The molecule has 1 unspecified atom stereocenters. The highest BCUT2D eigenvalue weighted by atomic mass is 35.5. The molecule has 0 amide bonds. The minimum absolute atomic E-state index is 0. The van der Waals surface area contributed by atoms with Crippen LogP contribution in [0.1, 0.15) is 30.9 Å². The van der Waals surface area contributed by atoms with Gasteiger partial charge >= 0.3 is 0 Å². The Morgan fingerprint density at radius 1 is 1.36 bits per heavy atom. The summed E-state index contributed by atoms with van der Waals surface area (Å²) >= 11 is 0. The third-order valence-corrected chi connectivity index (χ3v) is 6.09. The summed E-state index contributed by atoms with van der Waals surface area (Å²) in [6, 6.07) is 6.81. The van der Waals surface area contributed by atoms with E-state index in [1.807, 2.05) is 13.0 Å². The fourth-order valence-electron chi connectivity index (χ4n) is 2.71. The van der Waals surface area contributed by atoms with Gasteiger partial charge in [0.15, 0.2) is 0 Å². The molecule has 1 aromatic rings. The lowest BCUT2D eigenvalue weighted by Gasteiger charge is -2.33. The number of halogens is 1. The lowest BCUT2D eigenvalue weighted by molar-refractivity contribution is 0.250. The van der Waals surface area contributed by atoms with Gasteiger partial charge in [0.1, 0.15) is 0 Å². The molecule has 2 N–H and O–H groups in total. The van der Waals surface area contributed by atoms with Crippen molar-refractivity contribution < 1.29 is 8.42 Å². The maximum Gasteiger partial charge on any atom is 0.243 e. The molecule has 0 spiro atoms. The topological polar surface area (TPSA) is 87.2 Å². The fourth-order valence-corrected chi connectivity index (χ4v) is 4.27. The second-order valence-electron chi connectivity index (χ2n) is 5.69. The minimum atomic E-state index is -3.48. The normalized spacial score (nSPS) is 18.3. The molecule has 1 aliphatic heterocycles. The van der Waals surface area contributed by atoms with Gasteiger partial charge in [0.05, 0.1) is 16.5 Å². The number of aryl methyl sites for hydroxylation is 1. The molecule has 0 aromatic heterocycles. The van der Waals surface area contributed by atoms with Crippen molar-refractivity contribution in [3.05, 3.63) is 29.3 Å². The van der Waals surface area contributed by atoms with Crippen LogP contribution in [0.15, 0.2) is 23.1 Å². The molecule has 1 aliphatic rings. The molecular weight excluding hydrogens is 322 g/mol. The molecule has 1 atom stereocenters. The zero-order chi connectivity index (χ0) is 15.6. The summed E-state index contributed by atoms with van der Waals surface area (Å²) in [5, 5.41) is 8.92. The van der Waals surface area contributed by atoms with Crippen molar-refractivity contribution in [3.63, 3.8) is 0 Å². The van der Waals surface area contributed by atoms with Crippen LogP contribution in [0.4, 0.5) is 0 Å². The van der Waals surface area contributed by atoms with Gasteiger partial charge in [-0.3, -0.25) is 0 Å². The van der Waals surface area contributed by atoms with Gasteiger partial charge in [-0.15, -0.1) is 12.4 Å². The van der Waals surface area contributed by atoms with Gasteiger partial charge in [-0.05, 0) is 56.4 Å². The molecule has 22 heavy (non-hydrogen) atoms. The van der Waals surface area contributed by atoms with E-state index in [-0.39, 0.29) is 23.3 Å². The highest BCUT2D eigenvalue weighted by Crippen LogP contribution is 2.26. The SMILES string of the molecule is Cc1cc(S(=O)(=O)N2CCC(C(C)N)CC2)ccc1C#N.Cl. The fraction of sp³-hybridized carbons (Fsp3) is 0.533. The second kappa shape index (κ2) is 7.42. The van der Waals surface area contributed by atoms with E-state index in [9.17, 15) is 8.42 Å². The summed E-state index contributed by atoms with van der Waals surface area (Å²) in [6.45, 7) is 4.74. The van der Waals surface area contributed by atoms with Gasteiger partial charge in [-0.1, -0.05) is 0 Å². The predicted octanol–water partition coefficient (Wildman–Crippen LogP) is 2.04. The van der Waals surface area contributed by atoms with Crippen molar-refractivity contribution in [1.29, 1.82) is 5.26 Å². The third kappa shape index (κ3) is 3.79. The van der Waals surface area contributed by atoms with Crippen molar-refractivity contribution in [2.24, 2.45) is 11.7 Å². The molecule has 1 heterocycles. The first-order valence-corrected chi connectivity index (χ1v) is 8.56. The first-order chi connectivity index (χ1) is 9.86. The highest BCUT2D eigenvalue weighted by Gasteiger charge is 2.30. The molecule has 2 rings (SSSR count). The van der Waals surface area contributed by atoms with E-state index in [1.54, 1.807) is 19.1 Å². The average Bonchev–Trinajstić information content (AvgIpc) is 2.47. The van der Waals surface area contributed by atoms with Gasteiger partial charge in [0.2, 0.25) is 10.0 Å². The Balaban J connectivity index is 0.00000242. The number of benzene rings is 1. The average molecular weight is 344 g/mol. The molecule has 1 fully saturated rings. The number of rotatable bonds is 3. The van der Waals surface area contributed by atoms with Crippen LogP contribution in [-0.2, 0) is 10.0 Å². The largest absolute Gasteiger partial charge is 0.328 e. The Morgan fingerprint density at radius 2 is 1.95 bits per heavy atom. The second-order valence-corrected chi connectivity index (χ2v) is 7.63. The summed E-state index contributed by atoms with van der Waals surface area (Å²) in [7, 11) is -3.48. The molecule has 0 radical (unpaired) electrons. The molecule has 0 saturated carbocycles. The van der Waals surface area contributed by atoms with Crippen LogP contribution in [0, 0.1) is 24.2 Å². The van der Waals surface area contributed by atoms with Crippen LogP contribution >= 0.6 is 12.4 Å². The molecule has 7 heteroatoms. The van der Waals surface area contributed by atoms with Gasteiger partial charge < -0.3 is 5.73 Å². The quantitative estimate of drug-likeness (QED) is 0.909. The Labute approximate surface area is 138 Å². The van der Waals surface area contributed by atoms with E-state index in [2.05, 4.69) is 0 Å². The first-order valence-electron chi connectivity index (χ1n) is 7.12. The van der Waals surface area contributed by atoms with Gasteiger partial charge in [0.25, 0.3) is 0 Å². The predicted molar refractivity (Wildman–Crippen MR) is 88.3 cm³/mol. The Morgan fingerprint density at radius 3 is 2.41 bits per heavy atom. The van der Waals surface area contributed by atoms with Gasteiger partial charge in [0, 0.05) is 19.1 Å². The van der Waals surface area contributed by atoms with Crippen LogP contribution < -0.4 is 5.73 Å². The number of nitrogens with zero attached hydrogens (tertiary/aromatic N) is 2. The van der Waals surface area contributed by atoms with Crippen molar-refractivity contribution in [2.45, 2.75) is 37.6 Å². The van der Waals surface area contributed by atoms with Crippen LogP contribution in [-0.4, -0.2) is 31.9 Å². The van der Waals surface area contributed by atoms with E-state index < -0.39 is 10.0 Å². The standard InChI is InChI=1S/C15H21N3O2S.ClH/c1-11-9-15(4-3-14(11)10-16)21(19,20)18-7-5-13(6-8-18)12(2)17;/h3-4,9,12-13H,5-8,17H2,1-2H3;1H. The summed E-state index contributed by atoms with van der Waals surface area (Å²) in [6.07, 6.45) is 1.60. The van der Waals surface area contributed by atoms with Crippen molar-refractivity contribution in [1.82, 2.24) is 4.31 Å². The number of nitrogens with two attached hydrogens (primary N) is 1. The number of sulfonamides is 1. The number of piperidine rings is 1. The molecule has 1 saturated heterocycles. The molecular formula is C15H22ClN3O2S. The van der Waals surface area contributed by atoms with E-state index >= 15 is 0 Å². The summed E-state index contributed by atoms with van der Waals surface area (Å²) < 4.78 is 26.8. The molecule has 5 nitrogen and oxygen atoms in total.